The molecule has 0 bridgehead atoms. The molecule has 1 fully saturated rings. The lowest BCUT2D eigenvalue weighted by Gasteiger charge is -2.30. The third-order valence-corrected chi connectivity index (χ3v) is 6.33. The van der Waals surface area contributed by atoms with E-state index >= 15 is 0 Å². The number of halogens is 3. The summed E-state index contributed by atoms with van der Waals surface area (Å²) in [7, 11) is 0. The molecule has 2 aromatic heterocycles. The van der Waals surface area contributed by atoms with Gasteiger partial charge in [-0.2, -0.15) is 8.78 Å². The standard InChI is InChI=1S/C25H25F3N6O/c1-16-8-10-33(11-9-16)13-17-2-4-18(5-3-17)22-15-34(32-29-22)14-20-7-6-19(12-21(20)26)24-30-31-25(35-24)23(27)28/h2-7,12,15-16,23H,8-11,13-14H2,1H3. The fourth-order valence-electron chi connectivity index (χ4n) is 4.19. The predicted octanol–water partition coefficient (Wildman–Crippen LogP) is 5.35. The van der Waals surface area contributed by atoms with Gasteiger partial charge >= 0.3 is 6.43 Å². The Hall–Kier alpha value is -3.53. The summed E-state index contributed by atoms with van der Waals surface area (Å²) in [6, 6.07) is 12.5. The summed E-state index contributed by atoms with van der Waals surface area (Å²) in [5, 5.41) is 15.2. The summed E-state index contributed by atoms with van der Waals surface area (Å²) < 4.78 is 46.4. The van der Waals surface area contributed by atoms with Crippen molar-refractivity contribution in [1.29, 1.82) is 0 Å². The molecule has 0 saturated carbocycles. The highest BCUT2D eigenvalue weighted by Crippen LogP contribution is 2.25. The quantitative estimate of drug-likeness (QED) is 0.354. The fraction of sp³-hybridized carbons (Fsp3) is 0.360. The van der Waals surface area contributed by atoms with Gasteiger partial charge in [-0.1, -0.05) is 42.5 Å². The number of benzene rings is 2. The number of hydrogen-bond acceptors (Lipinski definition) is 6. The number of nitrogens with zero attached hydrogens (tertiary/aromatic N) is 6. The Morgan fingerprint density at radius 3 is 2.40 bits per heavy atom. The first kappa shape index (κ1) is 23.2. The van der Waals surface area contributed by atoms with Crippen molar-refractivity contribution in [1.82, 2.24) is 30.1 Å². The molecule has 0 unspecified atom stereocenters. The molecule has 4 aromatic rings. The van der Waals surface area contributed by atoms with E-state index in [1.807, 2.05) is 12.1 Å². The van der Waals surface area contributed by atoms with E-state index in [-0.39, 0.29) is 18.0 Å². The Morgan fingerprint density at radius 1 is 0.971 bits per heavy atom. The molecule has 35 heavy (non-hydrogen) atoms. The van der Waals surface area contributed by atoms with Crippen molar-refractivity contribution in [2.45, 2.75) is 39.3 Å². The van der Waals surface area contributed by atoms with Gasteiger partial charge in [-0.05, 0) is 49.5 Å². The predicted molar refractivity (Wildman–Crippen MR) is 123 cm³/mol. The van der Waals surface area contributed by atoms with Crippen molar-refractivity contribution in [2.24, 2.45) is 5.92 Å². The third kappa shape index (κ3) is 5.43. The Balaban J connectivity index is 1.23. The fourth-order valence-corrected chi connectivity index (χ4v) is 4.19. The first-order valence-corrected chi connectivity index (χ1v) is 11.6. The molecular weight excluding hydrogens is 457 g/mol. The summed E-state index contributed by atoms with van der Waals surface area (Å²) in [4.78, 5) is 2.49. The van der Waals surface area contributed by atoms with Crippen molar-refractivity contribution in [2.75, 3.05) is 13.1 Å². The monoisotopic (exact) mass is 482 g/mol. The first-order chi connectivity index (χ1) is 16.9. The minimum absolute atomic E-state index is 0.160. The molecule has 0 aliphatic carbocycles. The molecule has 1 aliphatic heterocycles. The van der Waals surface area contributed by atoms with Crippen LogP contribution in [0.25, 0.3) is 22.7 Å². The lowest BCUT2D eigenvalue weighted by molar-refractivity contribution is 0.116. The van der Waals surface area contributed by atoms with E-state index in [1.54, 1.807) is 16.9 Å². The average molecular weight is 483 g/mol. The molecule has 0 amide bonds. The minimum atomic E-state index is -2.88. The van der Waals surface area contributed by atoms with Crippen molar-refractivity contribution in [3.8, 4) is 22.7 Å². The van der Waals surface area contributed by atoms with E-state index in [0.717, 1.165) is 31.1 Å². The molecule has 0 radical (unpaired) electrons. The third-order valence-electron chi connectivity index (χ3n) is 6.33. The molecule has 0 spiro atoms. The van der Waals surface area contributed by atoms with Crippen LogP contribution in [0.4, 0.5) is 13.2 Å². The summed E-state index contributed by atoms with van der Waals surface area (Å²) in [5.41, 5.74) is 3.49. The van der Waals surface area contributed by atoms with Crippen LogP contribution in [0.5, 0.6) is 0 Å². The maximum Gasteiger partial charge on any atom is 0.314 e. The van der Waals surface area contributed by atoms with Crippen LogP contribution in [0.15, 0.2) is 53.1 Å². The van der Waals surface area contributed by atoms with Gasteiger partial charge in [0.2, 0.25) is 5.89 Å². The maximum atomic E-state index is 14.7. The molecule has 182 valence electrons. The Labute approximate surface area is 200 Å². The minimum Gasteiger partial charge on any atom is -0.415 e. The van der Waals surface area contributed by atoms with Gasteiger partial charge in [-0.25, -0.2) is 9.07 Å². The van der Waals surface area contributed by atoms with Gasteiger partial charge in [0.1, 0.15) is 11.5 Å². The van der Waals surface area contributed by atoms with E-state index in [9.17, 15) is 13.2 Å². The normalized spacial score (nSPS) is 15.2. The highest BCUT2D eigenvalue weighted by atomic mass is 19.3. The molecule has 0 N–H and O–H groups in total. The van der Waals surface area contributed by atoms with Gasteiger partial charge < -0.3 is 4.42 Å². The topological polar surface area (TPSA) is 72.9 Å². The van der Waals surface area contributed by atoms with Crippen LogP contribution in [-0.2, 0) is 13.1 Å². The second kappa shape index (κ2) is 9.99. The van der Waals surface area contributed by atoms with Crippen molar-refractivity contribution in [3.05, 3.63) is 71.5 Å². The number of alkyl halides is 2. The lowest BCUT2D eigenvalue weighted by atomic mass is 9.99. The molecule has 2 aromatic carbocycles. The lowest BCUT2D eigenvalue weighted by Crippen LogP contribution is -2.32. The zero-order chi connectivity index (χ0) is 24.4. The van der Waals surface area contributed by atoms with E-state index in [4.69, 9.17) is 4.42 Å². The number of likely N-dealkylation sites (tertiary alicyclic amines) is 1. The number of aromatic nitrogens is 5. The largest absolute Gasteiger partial charge is 0.415 e. The van der Waals surface area contributed by atoms with E-state index in [2.05, 4.69) is 44.5 Å². The van der Waals surface area contributed by atoms with Gasteiger partial charge in [-0.3, -0.25) is 4.90 Å². The highest BCUT2D eigenvalue weighted by molar-refractivity contribution is 5.58. The molecule has 1 saturated heterocycles. The summed E-state index contributed by atoms with van der Waals surface area (Å²) in [6.45, 7) is 5.70. The Morgan fingerprint density at radius 2 is 1.71 bits per heavy atom. The summed E-state index contributed by atoms with van der Waals surface area (Å²) in [5.74, 6) is -0.678. The van der Waals surface area contributed by atoms with Gasteiger partial charge in [-0.15, -0.1) is 15.3 Å². The number of rotatable bonds is 7. The second-order valence-corrected chi connectivity index (χ2v) is 9.01. The number of hydrogen-bond donors (Lipinski definition) is 0. The molecule has 7 nitrogen and oxygen atoms in total. The van der Waals surface area contributed by atoms with E-state index < -0.39 is 18.1 Å². The summed E-state index contributed by atoms with van der Waals surface area (Å²) in [6.07, 6.45) is 1.39. The number of piperidine rings is 1. The van der Waals surface area contributed by atoms with Crippen LogP contribution >= 0.6 is 0 Å². The van der Waals surface area contributed by atoms with Gasteiger partial charge in [0.05, 0.1) is 12.7 Å². The smallest absolute Gasteiger partial charge is 0.314 e. The SMILES string of the molecule is CC1CCN(Cc2ccc(-c3cn(Cc4ccc(-c5nnc(C(F)F)o5)cc4F)nn3)cc2)CC1. The Bertz CT molecular complexity index is 1280. The zero-order valence-corrected chi connectivity index (χ0v) is 19.2. The maximum absolute atomic E-state index is 14.7. The van der Waals surface area contributed by atoms with Crippen LogP contribution in [0.3, 0.4) is 0 Å². The second-order valence-electron chi connectivity index (χ2n) is 9.01. The van der Waals surface area contributed by atoms with Crippen molar-refractivity contribution in [3.63, 3.8) is 0 Å². The zero-order valence-electron chi connectivity index (χ0n) is 19.2. The van der Waals surface area contributed by atoms with Crippen LogP contribution in [0, 0.1) is 11.7 Å². The van der Waals surface area contributed by atoms with Crippen LogP contribution in [-0.4, -0.2) is 43.2 Å². The van der Waals surface area contributed by atoms with Crippen LogP contribution in [0.1, 0.15) is 43.2 Å². The van der Waals surface area contributed by atoms with Gasteiger partial charge in [0, 0.05) is 23.2 Å². The molecule has 10 heteroatoms. The molecule has 0 atom stereocenters. The molecule has 1 aliphatic rings. The van der Waals surface area contributed by atoms with Crippen LogP contribution in [0.2, 0.25) is 0 Å². The molecule has 3 heterocycles. The first-order valence-electron chi connectivity index (χ1n) is 11.6. The summed E-state index contributed by atoms with van der Waals surface area (Å²) >= 11 is 0. The van der Waals surface area contributed by atoms with E-state index in [1.165, 1.54) is 30.5 Å². The van der Waals surface area contributed by atoms with Crippen LogP contribution < -0.4 is 0 Å². The Kier molecular flexibility index (Phi) is 6.63. The van der Waals surface area contributed by atoms with Gasteiger partial charge in [0.25, 0.3) is 5.89 Å². The van der Waals surface area contributed by atoms with Gasteiger partial charge in [0.15, 0.2) is 0 Å². The van der Waals surface area contributed by atoms with Crippen molar-refractivity contribution < 1.29 is 17.6 Å². The molecular formula is C25H25F3N6O. The molecule has 5 rings (SSSR count). The average Bonchev–Trinajstić information content (AvgIpc) is 3.53. The van der Waals surface area contributed by atoms with Crippen molar-refractivity contribution >= 4 is 0 Å². The highest BCUT2D eigenvalue weighted by Gasteiger charge is 2.18. The van der Waals surface area contributed by atoms with E-state index in [0.29, 0.717) is 11.3 Å².